The number of hydrogen-bond donors (Lipinski definition) is 1. The molecule has 0 bridgehead atoms. The van der Waals surface area contributed by atoms with E-state index < -0.39 is 6.04 Å². The number of benzene rings is 1. The van der Waals surface area contributed by atoms with Crippen LogP contribution in [0.5, 0.6) is 11.5 Å². The van der Waals surface area contributed by atoms with Crippen LogP contribution < -0.4 is 15.2 Å². The second kappa shape index (κ2) is 7.45. The predicted molar refractivity (Wildman–Crippen MR) is 74.5 cm³/mol. The topological polar surface area (TPSA) is 61.6 Å². The van der Waals surface area contributed by atoms with Crippen LogP contribution in [0.15, 0.2) is 18.2 Å². The fourth-order valence-corrected chi connectivity index (χ4v) is 1.64. The van der Waals surface area contributed by atoms with Crippen LogP contribution in [-0.2, 0) is 0 Å². The van der Waals surface area contributed by atoms with E-state index in [2.05, 4.69) is 5.92 Å². The Kier molecular flexibility index (Phi) is 5.91. The zero-order valence-electron chi connectivity index (χ0n) is 11.3. The van der Waals surface area contributed by atoms with Crippen molar-refractivity contribution in [2.24, 2.45) is 5.73 Å². The molecule has 0 aliphatic carbocycles. The quantitative estimate of drug-likeness (QED) is 0.602. The monoisotopic (exact) mass is 261 g/mol. The summed E-state index contributed by atoms with van der Waals surface area (Å²) in [5.74, 6) is 3.36. The van der Waals surface area contributed by atoms with Crippen LogP contribution in [0.3, 0.4) is 0 Å². The van der Waals surface area contributed by atoms with Crippen LogP contribution in [0, 0.1) is 12.3 Å². The molecule has 102 valence electrons. The molecule has 1 rings (SSSR count). The number of carbonyl (C=O) groups is 1. The van der Waals surface area contributed by atoms with Crippen molar-refractivity contribution >= 4 is 5.78 Å². The molecule has 1 aromatic rings. The Morgan fingerprint density at radius 3 is 2.53 bits per heavy atom. The number of ether oxygens (including phenoxy) is 2. The van der Waals surface area contributed by atoms with Crippen molar-refractivity contribution < 1.29 is 14.3 Å². The zero-order valence-corrected chi connectivity index (χ0v) is 11.3. The molecular weight excluding hydrogens is 242 g/mol. The molecule has 1 aromatic carbocycles. The summed E-state index contributed by atoms with van der Waals surface area (Å²) in [6.45, 7) is 4.78. The van der Waals surface area contributed by atoms with E-state index in [1.54, 1.807) is 18.2 Å². The van der Waals surface area contributed by atoms with E-state index in [-0.39, 0.29) is 12.2 Å². The average Bonchev–Trinajstić information content (AvgIpc) is 2.40. The van der Waals surface area contributed by atoms with Crippen LogP contribution >= 0.6 is 0 Å². The third-order valence-electron chi connectivity index (χ3n) is 2.50. The Balaban J connectivity index is 3.00. The van der Waals surface area contributed by atoms with Gasteiger partial charge in [-0.3, -0.25) is 4.79 Å². The molecular formula is C15H19NO3. The lowest BCUT2D eigenvalue weighted by Gasteiger charge is -2.13. The minimum atomic E-state index is -0.683. The molecule has 0 aliphatic rings. The molecule has 0 heterocycles. The van der Waals surface area contributed by atoms with Crippen molar-refractivity contribution in [3.05, 3.63) is 23.8 Å². The lowest BCUT2D eigenvalue weighted by atomic mass is 10.0. The van der Waals surface area contributed by atoms with E-state index in [1.165, 1.54) is 0 Å². The van der Waals surface area contributed by atoms with Gasteiger partial charge < -0.3 is 15.2 Å². The molecule has 0 spiro atoms. The Hall–Kier alpha value is -1.99. The molecule has 2 N–H and O–H groups in total. The van der Waals surface area contributed by atoms with Gasteiger partial charge in [-0.25, -0.2) is 0 Å². The first-order valence-electron chi connectivity index (χ1n) is 6.26. The standard InChI is InChI=1S/C15H19NO3/c1-4-7-12(16)15(17)11-8-9-13(18-5-2)14(10-11)19-6-3/h1,8-10,12H,5-7,16H2,2-3H3. The summed E-state index contributed by atoms with van der Waals surface area (Å²) in [6, 6.07) is 4.35. The number of carbonyl (C=O) groups excluding carboxylic acids is 1. The summed E-state index contributed by atoms with van der Waals surface area (Å²) in [4.78, 5) is 12.0. The highest BCUT2D eigenvalue weighted by Gasteiger charge is 2.17. The summed E-state index contributed by atoms with van der Waals surface area (Å²) in [5, 5.41) is 0. The average molecular weight is 261 g/mol. The summed E-state index contributed by atoms with van der Waals surface area (Å²) in [7, 11) is 0. The second-order valence-electron chi connectivity index (χ2n) is 3.91. The van der Waals surface area contributed by atoms with Gasteiger partial charge in [0.05, 0.1) is 19.3 Å². The van der Waals surface area contributed by atoms with Gasteiger partial charge in [0.2, 0.25) is 0 Å². The van der Waals surface area contributed by atoms with E-state index in [9.17, 15) is 4.79 Å². The van der Waals surface area contributed by atoms with Crippen LogP contribution in [0.2, 0.25) is 0 Å². The first-order valence-corrected chi connectivity index (χ1v) is 6.26. The lowest BCUT2D eigenvalue weighted by molar-refractivity contribution is 0.0962. The van der Waals surface area contributed by atoms with Gasteiger partial charge in [-0.1, -0.05) is 0 Å². The summed E-state index contributed by atoms with van der Waals surface area (Å²) >= 11 is 0. The van der Waals surface area contributed by atoms with Crippen molar-refractivity contribution in [3.63, 3.8) is 0 Å². The first-order chi connectivity index (χ1) is 9.13. The third-order valence-corrected chi connectivity index (χ3v) is 2.50. The van der Waals surface area contributed by atoms with Crippen LogP contribution in [0.25, 0.3) is 0 Å². The molecule has 0 aliphatic heterocycles. The lowest BCUT2D eigenvalue weighted by Crippen LogP contribution is -2.29. The maximum Gasteiger partial charge on any atom is 0.180 e. The van der Waals surface area contributed by atoms with Gasteiger partial charge in [0.1, 0.15) is 0 Å². The highest BCUT2D eigenvalue weighted by Crippen LogP contribution is 2.29. The second-order valence-corrected chi connectivity index (χ2v) is 3.91. The van der Waals surface area contributed by atoms with E-state index in [4.69, 9.17) is 21.6 Å². The molecule has 1 unspecified atom stereocenters. The summed E-state index contributed by atoms with van der Waals surface area (Å²) in [6.07, 6.45) is 5.38. The molecule has 0 radical (unpaired) electrons. The smallest absolute Gasteiger partial charge is 0.180 e. The van der Waals surface area contributed by atoms with Crippen LogP contribution in [-0.4, -0.2) is 25.0 Å². The van der Waals surface area contributed by atoms with Gasteiger partial charge in [0.15, 0.2) is 17.3 Å². The van der Waals surface area contributed by atoms with Gasteiger partial charge in [-0.2, -0.15) is 0 Å². The molecule has 19 heavy (non-hydrogen) atoms. The molecule has 0 aromatic heterocycles. The maximum absolute atomic E-state index is 12.0. The van der Waals surface area contributed by atoms with Crippen molar-refractivity contribution in [2.45, 2.75) is 26.3 Å². The third kappa shape index (κ3) is 4.01. The Bertz CT molecular complexity index is 477. The van der Waals surface area contributed by atoms with E-state index in [0.29, 0.717) is 30.3 Å². The minimum Gasteiger partial charge on any atom is -0.490 e. The molecule has 4 nitrogen and oxygen atoms in total. The van der Waals surface area contributed by atoms with Gasteiger partial charge in [0.25, 0.3) is 0 Å². The van der Waals surface area contributed by atoms with Crippen LogP contribution in [0.1, 0.15) is 30.6 Å². The molecule has 0 fully saturated rings. The van der Waals surface area contributed by atoms with Crippen molar-refractivity contribution in [1.29, 1.82) is 0 Å². The largest absolute Gasteiger partial charge is 0.490 e. The number of nitrogens with two attached hydrogens (primary N) is 1. The minimum absolute atomic E-state index is 0.193. The van der Waals surface area contributed by atoms with Crippen LogP contribution in [0.4, 0.5) is 0 Å². The van der Waals surface area contributed by atoms with Crippen molar-refractivity contribution in [2.75, 3.05) is 13.2 Å². The number of hydrogen-bond acceptors (Lipinski definition) is 4. The normalized spacial score (nSPS) is 11.5. The molecule has 0 amide bonds. The molecule has 4 heteroatoms. The van der Waals surface area contributed by atoms with Gasteiger partial charge in [-0.05, 0) is 32.0 Å². The number of Topliss-reactive ketones (excluding diaryl/α,β-unsaturated/α-hetero) is 1. The number of terminal acetylenes is 1. The van der Waals surface area contributed by atoms with Crippen molar-refractivity contribution in [3.8, 4) is 23.8 Å². The highest BCUT2D eigenvalue weighted by atomic mass is 16.5. The summed E-state index contributed by atoms with van der Waals surface area (Å²) in [5.41, 5.74) is 6.20. The Morgan fingerprint density at radius 2 is 1.95 bits per heavy atom. The van der Waals surface area contributed by atoms with Gasteiger partial charge >= 0.3 is 0 Å². The fraction of sp³-hybridized carbons (Fsp3) is 0.400. The van der Waals surface area contributed by atoms with E-state index in [1.807, 2.05) is 13.8 Å². The zero-order chi connectivity index (χ0) is 14.3. The summed E-state index contributed by atoms with van der Waals surface area (Å²) < 4.78 is 10.9. The molecule has 0 saturated carbocycles. The van der Waals surface area contributed by atoms with Gasteiger partial charge in [0, 0.05) is 12.0 Å². The first kappa shape index (κ1) is 15.1. The highest BCUT2D eigenvalue weighted by molar-refractivity contribution is 6.00. The molecule has 0 saturated heterocycles. The molecule has 1 atom stereocenters. The van der Waals surface area contributed by atoms with Crippen molar-refractivity contribution in [1.82, 2.24) is 0 Å². The predicted octanol–water partition coefficient (Wildman–Crippen LogP) is 2.02. The number of rotatable bonds is 7. The Labute approximate surface area is 113 Å². The number of ketones is 1. The maximum atomic E-state index is 12.0. The SMILES string of the molecule is C#CCC(N)C(=O)c1ccc(OCC)c(OCC)c1. The fourth-order valence-electron chi connectivity index (χ4n) is 1.64. The van der Waals surface area contributed by atoms with E-state index >= 15 is 0 Å². The van der Waals surface area contributed by atoms with E-state index in [0.717, 1.165) is 0 Å². The van der Waals surface area contributed by atoms with Gasteiger partial charge in [-0.15, -0.1) is 12.3 Å². The Morgan fingerprint density at radius 1 is 1.32 bits per heavy atom.